The maximum absolute atomic E-state index is 14.5. The number of carbonyl (C=O) groups is 2. The molecule has 0 spiro atoms. The molecule has 8 nitrogen and oxygen atoms in total. The molecule has 40 heavy (non-hydrogen) atoms. The average molecular weight is 573 g/mol. The minimum absolute atomic E-state index is 0.00479. The van der Waals surface area contributed by atoms with Gasteiger partial charge in [0.25, 0.3) is 11.8 Å². The van der Waals surface area contributed by atoms with Gasteiger partial charge in [0.05, 0.1) is 4.91 Å². The second kappa shape index (κ2) is 10.9. The molecule has 2 aliphatic rings. The first-order valence-electron chi connectivity index (χ1n) is 12.7. The quantitative estimate of drug-likeness (QED) is 0.285. The number of pyridine rings is 1. The van der Waals surface area contributed by atoms with Crippen molar-refractivity contribution in [1.82, 2.24) is 10.3 Å². The van der Waals surface area contributed by atoms with Gasteiger partial charge in [0.1, 0.15) is 22.2 Å². The van der Waals surface area contributed by atoms with Crippen molar-refractivity contribution in [3.63, 3.8) is 0 Å². The van der Waals surface area contributed by atoms with E-state index in [0.717, 1.165) is 16.6 Å². The number of hydrazine groups is 1. The average Bonchev–Trinajstić information content (AvgIpc) is 3.28. The highest BCUT2D eigenvalue weighted by Crippen LogP contribution is 2.39. The summed E-state index contributed by atoms with van der Waals surface area (Å²) < 4.78 is 41.6. The van der Waals surface area contributed by atoms with Crippen LogP contribution in [0.1, 0.15) is 42.9 Å². The summed E-state index contributed by atoms with van der Waals surface area (Å²) in [6, 6.07) is 12.4. The van der Waals surface area contributed by atoms with Crippen LogP contribution in [0.25, 0.3) is 0 Å². The summed E-state index contributed by atoms with van der Waals surface area (Å²) in [5.41, 5.74) is 1.05. The molecule has 0 bridgehead atoms. The van der Waals surface area contributed by atoms with E-state index in [1.807, 2.05) is 6.92 Å². The highest BCUT2D eigenvalue weighted by Gasteiger charge is 2.52. The molecule has 2 amide bonds. The monoisotopic (exact) mass is 572 g/mol. The number of nitroso groups, excluding NO2 is 1. The number of aromatic nitrogens is 1. The molecule has 208 valence electrons. The molecule has 1 N–H and O–H groups in total. The van der Waals surface area contributed by atoms with Gasteiger partial charge < -0.3 is 5.32 Å². The number of amides is 2. The Morgan fingerprint density at radius 1 is 1.18 bits per heavy atom. The summed E-state index contributed by atoms with van der Waals surface area (Å²) in [6.07, 6.45) is -0.535. The van der Waals surface area contributed by atoms with E-state index in [1.165, 1.54) is 35.2 Å². The SMILES string of the molecule is Cc1ccc(N2C(=O)CC[C@H]2[N+](=O)N(c2cccc(F)c2)[C@H](C(=O)NC2CC(F)(F)C2)c2ccccc2Cl)nc1. The van der Waals surface area contributed by atoms with Crippen LogP contribution in [-0.2, 0) is 9.59 Å². The van der Waals surface area contributed by atoms with Gasteiger partial charge in [0, 0.05) is 54.6 Å². The predicted molar refractivity (Wildman–Crippen MR) is 142 cm³/mol. The number of halogens is 4. The standard InChI is InChI=1S/C28H25ClF3N5O3/c1-17-9-10-23(33-16-17)35-24(11-12-25(35)38)37(40)36(20-6-4-5-18(30)13-20)26(21-7-2-3-8-22(21)29)27(39)34-19-14-28(31,32)15-19/h2-10,13,16,19,24,26H,11-12,14-15H2,1H3/p+1/t24-,26+/m1/s1. The van der Waals surface area contributed by atoms with Crippen molar-refractivity contribution in [3.8, 4) is 0 Å². The second-order valence-corrected chi connectivity index (χ2v) is 10.4. The summed E-state index contributed by atoms with van der Waals surface area (Å²) in [6.45, 7) is 1.83. The lowest BCUT2D eigenvalue weighted by molar-refractivity contribution is -0.598. The van der Waals surface area contributed by atoms with Gasteiger partial charge in [-0.1, -0.05) is 46.9 Å². The zero-order chi connectivity index (χ0) is 28.6. The largest absolute Gasteiger partial charge is 0.351 e. The van der Waals surface area contributed by atoms with Gasteiger partial charge in [0.2, 0.25) is 5.91 Å². The minimum Gasteiger partial charge on any atom is -0.351 e. The van der Waals surface area contributed by atoms with Gasteiger partial charge in [0.15, 0.2) is 6.04 Å². The fourth-order valence-corrected chi connectivity index (χ4v) is 5.26. The van der Waals surface area contributed by atoms with Crippen molar-refractivity contribution in [2.45, 2.75) is 56.8 Å². The smallest absolute Gasteiger partial charge is 0.317 e. The fraction of sp³-hybridized carbons (Fsp3) is 0.321. The zero-order valence-corrected chi connectivity index (χ0v) is 22.2. The number of nitrogens with one attached hydrogen (secondary N) is 1. The lowest BCUT2D eigenvalue weighted by Gasteiger charge is -2.37. The fourth-order valence-electron chi connectivity index (χ4n) is 5.02. The highest BCUT2D eigenvalue weighted by atomic mass is 35.5. The summed E-state index contributed by atoms with van der Waals surface area (Å²) in [4.78, 5) is 47.0. The third-order valence-electron chi connectivity index (χ3n) is 6.99. The van der Waals surface area contributed by atoms with Crippen molar-refractivity contribution in [2.24, 2.45) is 0 Å². The second-order valence-electron chi connectivity index (χ2n) is 10.00. The predicted octanol–water partition coefficient (Wildman–Crippen LogP) is 5.49. The summed E-state index contributed by atoms with van der Waals surface area (Å²) >= 11 is 6.49. The molecule has 2 heterocycles. The number of carbonyl (C=O) groups excluding carboxylic acids is 2. The number of anilines is 2. The molecule has 1 aliphatic heterocycles. The number of benzene rings is 2. The molecule has 0 unspecified atom stereocenters. The Hall–Kier alpha value is -3.99. The molecule has 2 atom stereocenters. The van der Waals surface area contributed by atoms with E-state index >= 15 is 0 Å². The first-order chi connectivity index (χ1) is 19.0. The van der Waals surface area contributed by atoms with Gasteiger partial charge in [-0.3, -0.25) is 9.59 Å². The van der Waals surface area contributed by atoms with Crippen LogP contribution < -0.4 is 15.2 Å². The minimum atomic E-state index is -2.89. The Labute approximate surface area is 233 Å². The van der Waals surface area contributed by atoms with E-state index < -0.39 is 48.7 Å². The van der Waals surface area contributed by atoms with Gasteiger partial charge in [-0.05, 0) is 36.8 Å². The van der Waals surface area contributed by atoms with Crippen LogP contribution in [0, 0.1) is 17.6 Å². The Morgan fingerprint density at radius 3 is 2.58 bits per heavy atom. The number of aryl methyl sites for hydroxylation is 1. The maximum atomic E-state index is 14.5. The van der Waals surface area contributed by atoms with Crippen LogP contribution in [0.5, 0.6) is 0 Å². The summed E-state index contributed by atoms with van der Waals surface area (Å²) in [5.74, 6) is -4.45. The third kappa shape index (κ3) is 5.51. The van der Waals surface area contributed by atoms with E-state index in [2.05, 4.69) is 10.3 Å². The lowest BCUT2D eigenvalue weighted by atomic mass is 9.88. The maximum Gasteiger partial charge on any atom is 0.317 e. The van der Waals surface area contributed by atoms with Crippen molar-refractivity contribution in [1.29, 1.82) is 0 Å². The first kappa shape index (κ1) is 27.6. The zero-order valence-electron chi connectivity index (χ0n) is 21.4. The number of rotatable bonds is 8. The molecule has 3 aromatic rings. The van der Waals surface area contributed by atoms with E-state index in [0.29, 0.717) is 4.87 Å². The highest BCUT2D eigenvalue weighted by molar-refractivity contribution is 6.31. The van der Waals surface area contributed by atoms with Crippen LogP contribution >= 0.6 is 11.6 Å². The Kier molecular flexibility index (Phi) is 7.50. The molecule has 1 aliphatic carbocycles. The van der Waals surface area contributed by atoms with E-state index in [1.54, 1.807) is 30.5 Å². The third-order valence-corrected chi connectivity index (χ3v) is 7.34. The van der Waals surface area contributed by atoms with Crippen molar-refractivity contribution >= 4 is 34.9 Å². The van der Waals surface area contributed by atoms with Crippen molar-refractivity contribution in [3.05, 3.63) is 93.7 Å². The molecule has 2 aromatic carbocycles. The molecule has 12 heteroatoms. The molecule has 2 fully saturated rings. The van der Waals surface area contributed by atoms with Crippen LogP contribution in [0.3, 0.4) is 0 Å². The van der Waals surface area contributed by atoms with Gasteiger partial charge in [-0.2, -0.15) is 0 Å². The molecule has 1 saturated heterocycles. The Bertz CT molecular complexity index is 1450. The van der Waals surface area contributed by atoms with Gasteiger partial charge in [-0.25, -0.2) is 23.1 Å². The van der Waals surface area contributed by atoms with Crippen LogP contribution in [0.15, 0.2) is 66.9 Å². The Morgan fingerprint density at radius 2 is 1.93 bits per heavy atom. The molecule has 1 aromatic heterocycles. The topological polar surface area (TPSA) is 85.6 Å². The molecule has 5 rings (SSSR count). The molecular weight excluding hydrogens is 547 g/mol. The van der Waals surface area contributed by atoms with E-state index in [4.69, 9.17) is 11.6 Å². The summed E-state index contributed by atoms with van der Waals surface area (Å²) in [5, 5.41) is 3.74. The summed E-state index contributed by atoms with van der Waals surface area (Å²) in [7, 11) is 0. The first-order valence-corrected chi connectivity index (χ1v) is 13.1. The number of hydrogen-bond acceptors (Lipinski definition) is 4. The molecular formula is C28H26ClF3N5O3+. The van der Waals surface area contributed by atoms with Crippen LogP contribution in [0.4, 0.5) is 24.7 Å². The number of hydrogen-bond donors (Lipinski definition) is 1. The van der Waals surface area contributed by atoms with Gasteiger partial charge >= 0.3 is 6.17 Å². The molecule has 1 saturated carbocycles. The van der Waals surface area contributed by atoms with Crippen molar-refractivity contribution in [2.75, 3.05) is 9.91 Å². The number of nitrogens with zero attached hydrogens (tertiary/aromatic N) is 4. The Balaban J connectivity index is 1.60. The normalized spacial score (nSPS) is 19.2. The van der Waals surface area contributed by atoms with Crippen molar-refractivity contribution < 1.29 is 27.6 Å². The van der Waals surface area contributed by atoms with Crippen LogP contribution in [0.2, 0.25) is 5.02 Å². The van der Waals surface area contributed by atoms with E-state index in [9.17, 15) is 27.7 Å². The molecule has 0 radical (unpaired) electrons. The van der Waals surface area contributed by atoms with Gasteiger partial charge in [-0.15, -0.1) is 0 Å². The van der Waals surface area contributed by atoms with E-state index in [-0.39, 0.29) is 40.8 Å². The lowest BCUT2D eigenvalue weighted by Crippen LogP contribution is -2.56. The number of alkyl halides is 2. The van der Waals surface area contributed by atoms with Crippen LogP contribution in [-0.4, -0.2) is 39.8 Å².